The van der Waals surface area contributed by atoms with E-state index in [2.05, 4.69) is 12.2 Å². The van der Waals surface area contributed by atoms with E-state index in [-0.39, 0.29) is 13.2 Å². The Morgan fingerprint density at radius 2 is 1.11 bits per heavy atom. The van der Waals surface area contributed by atoms with Crippen molar-refractivity contribution in [3.63, 3.8) is 0 Å². The van der Waals surface area contributed by atoms with Crippen molar-refractivity contribution < 1.29 is 27.7 Å². The molecule has 38 heavy (non-hydrogen) atoms. The molecule has 1 aliphatic rings. The second-order valence-corrected chi connectivity index (χ2v) is 14.8. The molecule has 0 saturated carbocycles. The quantitative estimate of drug-likeness (QED) is 0.125. The van der Waals surface area contributed by atoms with Gasteiger partial charge in [-0.05, 0) is 48.0 Å². The van der Waals surface area contributed by atoms with Gasteiger partial charge in [-0.2, -0.15) is 0 Å². The first-order valence-electron chi connectivity index (χ1n) is 15.4. The Labute approximate surface area is 234 Å². The minimum absolute atomic E-state index is 0.0678. The maximum atomic E-state index is 12.9. The van der Waals surface area contributed by atoms with Gasteiger partial charge >= 0.3 is 13.9 Å². The summed E-state index contributed by atoms with van der Waals surface area (Å²) in [5.41, 5.74) is -2.06. The summed E-state index contributed by atoms with van der Waals surface area (Å²) in [5, 5.41) is 2.95. The van der Waals surface area contributed by atoms with Gasteiger partial charge in [-0.3, -0.25) is 13.6 Å². The zero-order valence-electron chi connectivity index (χ0n) is 25.8. The molecule has 0 aromatic heterocycles. The average molecular weight is 562 g/mol. The molecule has 1 N–H and O–H groups in total. The summed E-state index contributed by atoms with van der Waals surface area (Å²) in [7, 11) is -3.67. The lowest BCUT2D eigenvalue weighted by Gasteiger charge is -2.41. The summed E-state index contributed by atoms with van der Waals surface area (Å²) in [6.07, 6.45) is 21.1. The van der Waals surface area contributed by atoms with Gasteiger partial charge in [-0.15, -0.1) is 0 Å². The fourth-order valence-electron chi connectivity index (χ4n) is 4.68. The summed E-state index contributed by atoms with van der Waals surface area (Å²) < 4.78 is 35.1. The van der Waals surface area contributed by atoms with Gasteiger partial charge in [0.1, 0.15) is 5.60 Å². The molecule has 0 bridgehead atoms. The van der Waals surface area contributed by atoms with Gasteiger partial charge in [0.2, 0.25) is 0 Å². The maximum Gasteiger partial charge on any atom is 0.475 e. The topological polar surface area (TPSA) is 83.1 Å². The van der Waals surface area contributed by atoms with Crippen molar-refractivity contribution >= 4 is 13.9 Å². The highest BCUT2D eigenvalue weighted by atomic mass is 31.2. The van der Waals surface area contributed by atoms with E-state index in [4.69, 9.17) is 18.3 Å². The van der Waals surface area contributed by atoms with Gasteiger partial charge in [0.15, 0.2) is 0 Å². The van der Waals surface area contributed by atoms with Crippen molar-refractivity contribution in [2.75, 3.05) is 13.2 Å². The van der Waals surface area contributed by atoms with E-state index >= 15 is 0 Å². The fraction of sp³-hybridized carbons (Fsp3) is 0.967. The summed E-state index contributed by atoms with van der Waals surface area (Å²) in [4.78, 5) is 12.5. The molecule has 0 aromatic carbocycles. The van der Waals surface area contributed by atoms with Gasteiger partial charge < -0.3 is 10.1 Å². The van der Waals surface area contributed by atoms with Crippen LogP contribution in [0, 0.1) is 0 Å². The van der Waals surface area contributed by atoms with Crippen LogP contribution in [0.15, 0.2) is 0 Å². The molecule has 0 radical (unpaired) electrons. The number of alkyl carbamates (subject to hydrolysis) is 1. The lowest BCUT2D eigenvalue weighted by Crippen LogP contribution is -2.57. The number of unbranched alkanes of at least 4 members (excludes halogenated alkanes) is 15. The van der Waals surface area contributed by atoms with Crippen molar-refractivity contribution in [2.24, 2.45) is 0 Å². The molecule has 1 rings (SSSR count). The third-order valence-corrected chi connectivity index (χ3v) is 8.32. The lowest BCUT2D eigenvalue weighted by molar-refractivity contribution is -0.0282. The lowest BCUT2D eigenvalue weighted by atomic mass is 9.93. The van der Waals surface area contributed by atoms with Crippen LogP contribution in [-0.4, -0.2) is 36.0 Å². The SMILES string of the molecule is CCCCCCCCCCCCCCCCCCC1(NC(=O)OC(C)(C)C)COP(=O)(OC(C)(C)C)OC1. The molecule has 0 unspecified atom stereocenters. The predicted molar refractivity (Wildman–Crippen MR) is 157 cm³/mol. The molecule has 0 aliphatic carbocycles. The van der Waals surface area contributed by atoms with Crippen molar-refractivity contribution in [2.45, 2.75) is 174 Å². The van der Waals surface area contributed by atoms with Crippen LogP contribution in [0.1, 0.15) is 158 Å². The zero-order valence-corrected chi connectivity index (χ0v) is 26.7. The molecule has 1 fully saturated rings. The van der Waals surface area contributed by atoms with Gasteiger partial charge in [0.25, 0.3) is 0 Å². The highest BCUT2D eigenvalue weighted by Gasteiger charge is 2.46. The van der Waals surface area contributed by atoms with Crippen molar-refractivity contribution in [1.82, 2.24) is 5.32 Å². The van der Waals surface area contributed by atoms with Crippen LogP contribution in [0.5, 0.6) is 0 Å². The standard InChI is InChI=1S/C30H60NO6P/c1-8-9-10-11-12-13-14-15-16-17-18-19-20-21-22-23-24-30(31-27(32)36-28(2,3)4)25-34-38(33,35-26-30)37-29(5,6)7/h8-26H2,1-7H3,(H,31,32). The number of nitrogens with one attached hydrogen (secondary N) is 1. The monoisotopic (exact) mass is 561 g/mol. The molecular weight excluding hydrogens is 501 g/mol. The van der Waals surface area contributed by atoms with E-state index in [0.717, 1.165) is 12.8 Å². The normalized spacial score (nSPS) is 22.4. The highest BCUT2D eigenvalue weighted by molar-refractivity contribution is 7.48. The van der Waals surface area contributed by atoms with E-state index < -0.39 is 30.7 Å². The first-order chi connectivity index (χ1) is 17.8. The molecule has 1 saturated heterocycles. The zero-order chi connectivity index (χ0) is 28.5. The fourth-order valence-corrected chi connectivity index (χ4v) is 6.34. The van der Waals surface area contributed by atoms with E-state index in [1.165, 1.54) is 89.9 Å². The number of amides is 1. The first-order valence-corrected chi connectivity index (χ1v) is 16.9. The van der Waals surface area contributed by atoms with Gasteiger partial charge in [-0.1, -0.05) is 110 Å². The molecule has 226 valence electrons. The third kappa shape index (κ3) is 17.9. The highest BCUT2D eigenvalue weighted by Crippen LogP contribution is 2.56. The molecule has 0 aromatic rings. The van der Waals surface area contributed by atoms with E-state index in [0.29, 0.717) is 6.42 Å². The van der Waals surface area contributed by atoms with Crippen LogP contribution in [0.3, 0.4) is 0 Å². The summed E-state index contributed by atoms with van der Waals surface area (Å²) in [6.45, 7) is 13.3. The number of carbonyl (C=O) groups excluding carboxylic acids is 1. The molecule has 0 atom stereocenters. The number of ether oxygens (including phenoxy) is 1. The van der Waals surface area contributed by atoms with Crippen LogP contribution in [0.2, 0.25) is 0 Å². The van der Waals surface area contributed by atoms with Gasteiger partial charge in [0, 0.05) is 0 Å². The number of hydrogen-bond donors (Lipinski definition) is 1. The molecule has 1 heterocycles. The molecule has 8 heteroatoms. The second-order valence-electron chi connectivity index (χ2n) is 13.2. The van der Waals surface area contributed by atoms with Crippen LogP contribution >= 0.6 is 7.82 Å². The Balaban J connectivity index is 2.29. The predicted octanol–water partition coefficient (Wildman–Crippen LogP) is 9.87. The molecule has 1 aliphatic heterocycles. The van der Waals surface area contributed by atoms with E-state index in [1.807, 2.05) is 20.8 Å². The van der Waals surface area contributed by atoms with Gasteiger partial charge in [-0.25, -0.2) is 9.36 Å². The molecule has 7 nitrogen and oxygen atoms in total. The Bertz CT molecular complexity index is 673. The summed E-state index contributed by atoms with van der Waals surface area (Å²) in [5.74, 6) is 0. The Hall–Kier alpha value is -0.620. The van der Waals surface area contributed by atoms with Crippen LogP contribution in [0.25, 0.3) is 0 Å². The van der Waals surface area contributed by atoms with E-state index in [1.54, 1.807) is 20.8 Å². The maximum absolute atomic E-state index is 12.9. The van der Waals surface area contributed by atoms with E-state index in [9.17, 15) is 9.36 Å². The van der Waals surface area contributed by atoms with Crippen molar-refractivity contribution in [3.8, 4) is 0 Å². The third-order valence-electron chi connectivity index (χ3n) is 6.66. The molecular formula is C30H60NO6P. The Morgan fingerprint density at radius 1 is 0.711 bits per heavy atom. The second kappa shape index (κ2) is 17.9. The Kier molecular flexibility index (Phi) is 16.7. The minimum Gasteiger partial charge on any atom is -0.444 e. The van der Waals surface area contributed by atoms with Crippen LogP contribution in [0.4, 0.5) is 4.79 Å². The number of phosphoric ester groups is 1. The smallest absolute Gasteiger partial charge is 0.444 e. The molecule has 1 amide bonds. The summed E-state index contributed by atoms with van der Waals surface area (Å²) >= 11 is 0. The number of phosphoric acid groups is 1. The largest absolute Gasteiger partial charge is 0.475 e. The van der Waals surface area contributed by atoms with Crippen LogP contribution in [-0.2, 0) is 22.9 Å². The average Bonchev–Trinajstić information content (AvgIpc) is 2.78. The first kappa shape index (κ1) is 35.4. The number of carbonyl (C=O) groups is 1. The number of rotatable bonds is 19. The van der Waals surface area contributed by atoms with Crippen molar-refractivity contribution in [1.29, 1.82) is 0 Å². The molecule has 0 spiro atoms. The van der Waals surface area contributed by atoms with Crippen molar-refractivity contribution in [3.05, 3.63) is 0 Å². The number of hydrogen-bond acceptors (Lipinski definition) is 6. The van der Waals surface area contributed by atoms with Gasteiger partial charge in [0.05, 0.1) is 24.4 Å². The van der Waals surface area contributed by atoms with Crippen LogP contribution < -0.4 is 5.32 Å². The Morgan fingerprint density at radius 3 is 1.47 bits per heavy atom. The minimum atomic E-state index is -3.67. The summed E-state index contributed by atoms with van der Waals surface area (Å²) in [6, 6.07) is 0.